The molecule has 16 heavy (non-hydrogen) atoms. The van der Waals surface area contributed by atoms with Gasteiger partial charge in [0.25, 0.3) is 0 Å². The fourth-order valence-corrected chi connectivity index (χ4v) is 3.86. The SMILES string of the molecule is CCC1CN(c2ncc(C(C)N)s2)CCS1. The van der Waals surface area contributed by atoms with Crippen molar-refractivity contribution in [3.63, 3.8) is 0 Å². The van der Waals surface area contributed by atoms with Crippen LogP contribution in [0.1, 0.15) is 31.2 Å². The highest BCUT2D eigenvalue weighted by Gasteiger charge is 2.21. The van der Waals surface area contributed by atoms with Crippen molar-refractivity contribution < 1.29 is 0 Å². The molecule has 0 bridgehead atoms. The number of hydrogen-bond donors (Lipinski definition) is 1. The predicted octanol–water partition coefficient (Wildman–Crippen LogP) is 2.49. The van der Waals surface area contributed by atoms with E-state index in [1.54, 1.807) is 11.3 Å². The van der Waals surface area contributed by atoms with Crippen LogP contribution >= 0.6 is 23.1 Å². The van der Waals surface area contributed by atoms with Gasteiger partial charge < -0.3 is 10.6 Å². The minimum atomic E-state index is 0.104. The largest absolute Gasteiger partial charge is 0.346 e. The molecule has 2 unspecified atom stereocenters. The standard InChI is InChI=1S/C11H19N3S2/c1-3-9-7-14(4-5-15-9)11-13-6-10(16-11)8(2)12/h6,8-9H,3-5,7,12H2,1-2H3. The summed E-state index contributed by atoms with van der Waals surface area (Å²) in [6.07, 6.45) is 3.17. The Morgan fingerprint density at radius 1 is 1.69 bits per heavy atom. The van der Waals surface area contributed by atoms with Crippen molar-refractivity contribution in [2.24, 2.45) is 5.73 Å². The summed E-state index contributed by atoms with van der Waals surface area (Å²) >= 11 is 3.83. The average molecular weight is 257 g/mol. The molecular weight excluding hydrogens is 238 g/mol. The van der Waals surface area contributed by atoms with Crippen LogP contribution < -0.4 is 10.6 Å². The van der Waals surface area contributed by atoms with E-state index in [0.29, 0.717) is 0 Å². The van der Waals surface area contributed by atoms with Gasteiger partial charge in [-0.3, -0.25) is 0 Å². The second-order valence-electron chi connectivity index (χ2n) is 4.18. The Morgan fingerprint density at radius 2 is 2.50 bits per heavy atom. The van der Waals surface area contributed by atoms with Crippen LogP contribution in [0.25, 0.3) is 0 Å². The number of hydrogen-bond acceptors (Lipinski definition) is 5. The van der Waals surface area contributed by atoms with Gasteiger partial charge >= 0.3 is 0 Å². The third-order valence-electron chi connectivity index (χ3n) is 2.82. The first-order chi connectivity index (χ1) is 7.70. The van der Waals surface area contributed by atoms with E-state index in [2.05, 4.69) is 28.6 Å². The molecule has 0 aromatic carbocycles. The average Bonchev–Trinajstić information content (AvgIpc) is 2.78. The molecule has 3 nitrogen and oxygen atoms in total. The van der Waals surface area contributed by atoms with Crippen LogP contribution in [0.4, 0.5) is 5.13 Å². The van der Waals surface area contributed by atoms with Gasteiger partial charge in [0, 0.05) is 41.2 Å². The number of thiazole rings is 1. The number of rotatable bonds is 3. The Bertz CT molecular complexity index is 338. The number of nitrogens with two attached hydrogens (primary N) is 1. The van der Waals surface area contributed by atoms with Crippen LogP contribution in [0.15, 0.2) is 6.20 Å². The van der Waals surface area contributed by atoms with Gasteiger partial charge in [-0.15, -0.1) is 11.3 Å². The minimum absolute atomic E-state index is 0.104. The summed E-state index contributed by atoms with van der Waals surface area (Å²) in [6.45, 7) is 6.52. The van der Waals surface area contributed by atoms with Crippen LogP contribution in [0, 0.1) is 0 Å². The maximum Gasteiger partial charge on any atom is 0.185 e. The van der Waals surface area contributed by atoms with Gasteiger partial charge in [-0.05, 0) is 13.3 Å². The molecule has 0 radical (unpaired) electrons. The molecular formula is C11H19N3S2. The van der Waals surface area contributed by atoms with Crippen molar-refractivity contribution in [2.75, 3.05) is 23.7 Å². The molecule has 0 amide bonds. The van der Waals surface area contributed by atoms with Crippen LogP contribution in [0.3, 0.4) is 0 Å². The Balaban J connectivity index is 2.05. The minimum Gasteiger partial charge on any atom is -0.346 e. The number of nitrogens with zero attached hydrogens (tertiary/aromatic N) is 2. The van der Waals surface area contributed by atoms with Gasteiger partial charge in [-0.1, -0.05) is 6.92 Å². The van der Waals surface area contributed by atoms with Crippen LogP contribution in [-0.2, 0) is 0 Å². The molecule has 0 saturated carbocycles. The fraction of sp³-hybridized carbons (Fsp3) is 0.727. The van der Waals surface area contributed by atoms with Gasteiger partial charge in [0.15, 0.2) is 5.13 Å². The van der Waals surface area contributed by atoms with E-state index >= 15 is 0 Å². The monoisotopic (exact) mass is 257 g/mol. The van der Waals surface area contributed by atoms with E-state index in [9.17, 15) is 0 Å². The van der Waals surface area contributed by atoms with Gasteiger partial charge in [0.05, 0.1) is 0 Å². The predicted molar refractivity (Wildman–Crippen MR) is 73.5 cm³/mol. The van der Waals surface area contributed by atoms with Crippen molar-refractivity contribution in [2.45, 2.75) is 31.6 Å². The molecule has 2 atom stereocenters. The normalized spacial score (nSPS) is 23.4. The molecule has 1 aromatic rings. The summed E-state index contributed by atoms with van der Waals surface area (Å²) in [5.74, 6) is 1.21. The maximum absolute atomic E-state index is 5.86. The van der Waals surface area contributed by atoms with E-state index in [4.69, 9.17) is 5.73 Å². The topological polar surface area (TPSA) is 42.2 Å². The van der Waals surface area contributed by atoms with Crippen molar-refractivity contribution in [1.82, 2.24) is 4.98 Å². The van der Waals surface area contributed by atoms with Crippen molar-refractivity contribution in [3.05, 3.63) is 11.1 Å². The summed E-state index contributed by atoms with van der Waals surface area (Å²) < 4.78 is 0. The van der Waals surface area contributed by atoms with E-state index in [-0.39, 0.29) is 6.04 Å². The highest BCUT2D eigenvalue weighted by molar-refractivity contribution is 8.00. The van der Waals surface area contributed by atoms with Crippen molar-refractivity contribution in [3.8, 4) is 0 Å². The van der Waals surface area contributed by atoms with Gasteiger partial charge in [-0.2, -0.15) is 11.8 Å². The molecule has 5 heteroatoms. The lowest BCUT2D eigenvalue weighted by Gasteiger charge is -2.31. The molecule has 2 heterocycles. The first kappa shape index (κ1) is 12.2. The zero-order valence-electron chi connectivity index (χ0n) is 9.85. The highest BCUT2D eigenvalue weighted by Crippen LogP contribution is 2.30. The van der Waals surface area contributed by atoms with Gasteiger partial charge in [-0.25, -0.2) is 4.98 Å². The third kappa shape index (κ3) is 2.70. The molecule has 1 aliphatic heterocycles. The number of thioether (sulfide) groups is 1. The van der Waals surface area contributed by atoms with Crippen molar-refractivity contribution in [1.29, 1.82) is 0 Å². The summed E-state index contributed by atoms with van der Waals surface area (Å²) in [4.78, 5) is 8.07. The first-order valence-corrected chi connectivity index (χ1v) is 7.65. The quantitative estimate of drug-likeness (QED) is 0.903. The number of anilines is 1. The van der Waals surface area contributed by atoms with Crippen LogP contribution in [-0.4, -0.2) is 29.1 Å². The third-order valence-corrected chi connectivity index (χ3v) is 5.46. The fourth-order valence-electron chi connectivity index (χ4n) is 1.77. The molecule has 0 aliphatic carbocycles. The molecule has 0 spiro atoms. The van der Waals surface area contributed by atoms with E-state index in [1.807, 2.05) is 13.1 Å². The molecule has 1 saturated heterocycles. The van der Waals surface area contributed by atoms with E-state index in [0.717, 1.165) is 23.5 Å². The molecule has 1 aromatic heterocycles. The molecule has 1 aliphatic rings. The zero-order chi connectivity index (χ0) is 11.5. The molecule has 1 fully saturated rings. The smallest absolute Gasteiger partial charge is 0.185 e. The lowest BCUT2D eigenvalue weighted by molar-refractivity contribution is 0.726. The summed E-state index contributed by atoms with van der Waals surface area (Å²) in [5.41, 5.74) is 5.86. The lowest BCUT2D eigenvalue weighted by Crippen LogP contribution is -2.37. The number of aromatic nitrogens is 1. The lowest BCUT2D eigenvalue weighted by atomic mass is 10.3. The maximum atomic E-state index is 5.86. The summed E-state index contributed by atoms with van der Waals surface area (Å²) in [7, 11) is 0. The van der Waals surface area contributed by atoms with Crippen LogP contribution in [0.5, 0.6) is 0 Å². The molecule has 2 rings (SSSR count). The van der Waals surface area contributed by atoms with Gasteiger partial charge in [0.1, 0.15) is 0 Å². The zero-order valence-corrected chi connectivity index (χ0v) is 11.5. The second kappa shape index (κ2) is 5.38. The molecule has 90 valence electrons. The Kier molecular flexibility index (Phi) is 4.10. The second-order valence-corrected chi connectivity index (χ2v) is 6.63. The van der Waals surface area contributed by atoms with Crippen molar-refractivity contribution >= 4 is 28.2 Å². The van der Waals surface area contributed by atoms with E-state index < -0.39 is 0 Å². The van der Waals surface area contributed by atoms with Gasteiger partial charge in [0.2, 0.25) is 0 Å². The summed E-state index contributed by atoms with van der Waals surface area (Å²) in [6, 6.07) is 0.104. The van der Waals surface area contributed by atoms with Crippen LogP contribution in [0.2, 0.25) is 0 Å². The Labute approximate surface area is 105 Å². The molecule has 2 N–H and O–H groups in total. The highest BCUT2D eigenvalue weighted by atomic mass is 32.2. The van der Waals surface area contributed by atoms with E-state index in [1.165, 1.54) is 17.1 Å². The first-order valence-electron chi connectivity index (χ1n) is 5.78. The summed E-state index contributed by atoms with van der Waals surface area (Å²) in [5, 5.41) is 1.91. The Morgan fingerprint density at radius 3 is 3.12 bits per heavy atom. The Hall–Kier alpha value is -0.260.